The van der Waals surface area contributed by atoms with E-state index in [4.69, 9.17) is 9.47 Å². The quantitative estimate of drug-likeness (QED) is 0.195. The van der Waals surface area contributed by atoms with Gasteiger partial charge in [0.1, 0.15) is 11.5 Å². The van der Waals surface area contributed by atoms with E-state index in [1.807, 2.05) is 72.8 Å². The molecule has 0 aliphatic carbocycles. The second-order valence-corrected chi connectivity index (χ2v) is 8.45. The van der Waals surface area contributed by atoms with Crippen molar-refractivity contribution in [2.24, 2.45) is 10.2 Å². The van der Waals surface area contributed by atoms with Crippen molar-refractivity contribution in [3.8, 4) is 11.5 Å². The Morgan fingerprint density at radius 3 is 1.74 bits per heavy atom. The van der Waals surface area contributed by atoms with Crippen molar-refractivity contribution in [2.75, 3.05) is 19.6 Å². The van der Waals surface area contributed by atoms with Gasteiger partial charge in [-0.1, -0.05) is 60.7 Å². The molecule has 38 heavy (non-hydrogen) atoms. The molecular weight excluding hydrogens is 476 g/mol. The molecule has 2 N–H and O–H groups in total. The number of benzene rings is 5. The molecular formula is C31H26N4O3. The van der Waals surface area contributed by atoms with Crippen LogP contribution in [0.25, 0.3) is 21.5 Å². The minimum Gasteiger partial charge on any atom is -0.496 e. The normalized spacial score (nSPS) is 11.3. The predicted molar refractivity (Wildman–Crippen MR) is 154 cm³/mol. The van der Waals surface area contributed by atoms with Gasteiger partial charge >= 0.3 is 0 Å². The first kappa shape index (κ1) is 24.5. The zero-order chi connectivity index (χ0) is 26.3. The first-order valence-corrected chi connectivity index (χ1v) is 12.0. The third kappa shape index (κ3) is 5.17. The molecule has 0 bridgehead atoms. The number of carbonyl (C=O) groups excluding carboxylic acids is 1. The molecule has 0 heterocycles. The number of nitrogens with one attached hydrogen (secondary N) is 2. The average Bonchev–Trinajstić information content (AvgIpc) is 2.97. The van der Waals surface area contributed by atoms with E-state index in [-0.39, 0.29) is 5.91 Å². The van der Waals surface area contributed by atoms with Crippen LogP contribution >= 0.6 is 0 Å². The van der Waals surface area contributed by atoms with Crippen molar-refractivity contribution in [2.45, 2.75) is 0 Å². The van der Waals surface area contributed by atoms with Crippen molar-refractivity contribution in [3.05, 3.63) is 114 Å². The maximum atomic E-state index is 12.6. The van der Waals surface area contributed by atoms with Crippen molar-refractivity contribution >= 4 is 45.6 Å². The summed E-state index contributed by atoms with van der Waals surface area (Å²) in [7, 11) is 3.25. The van der Waals surface area contributed by atoms with Crippen molar-refractivity contribution < 1.29 is 14.3 Å². The molecule has 0 fully saturated rings. The molecule has 5 aromatic carbocycles. The van der Waals surface area contributed by atoms with E-state index < -0.39 is 0 Å². The summed E-state index contributed by atoms with van der Waals surface area (Å²) < 4.78 is 11.0. The first-order chi connectivity index (χ1) is 18.7. The van der Waals surface area contributed by atoms with Gasteiger partial charge in [0.05, 0.1) is 32.3 Å². The minimum atomic E-state index is -0.323. The second kappa shape index (κ2) is 11.3. The maximum absolute atomic E-state index is 12.6. The maximum Gasteiger partial charge on any atom is 0.271 e. The highest BCUT2D eigenvalue weighted by molar-refractivity contribution is 6.04. The Morgan fingerprint density at radius 2 is 1.18 bits per heavy atom. The van der Waals surface area contributed by atoms with E-state index >= 15 is 0 Å². The Bertz CT molecular complexity index is 1660. The molecule has 0 aliphatic heterocycles. The number of hydrogen-bond donors (Lipinski definition) is 2. The number of amides is 1. The fraction of sp³-hybridized carbons (Fsp3) is 0.0645. The molecule has 5 rings (SSSR count). The van der Waals surface area contributed by atoms with Crippen LogP contribution in [0.3, 0.4) is 0 Å². The molecule has 0 spiro atoms. The van der Waals surface area contributed by atoms with Crippen LogP contribution in [0.4, 0.5) is 5.69 Å². The Labute approximate surface area is 220 Å². The lowest BCUT2D eigenvalue weighted by molar-refractivity contribution is 0.0955. The van der Waals surface area contributed by atoms with Crippen molar-refractivity contribution in [3.63, 3.8) is 0 Å². The van der Waals surface area contributed by atoms with Gasteiger partial charge in [-0.3, -0.25) is 10.2 Å². The molecule has 1 amide bonds. The summed E-state index contributed by atoms with van der Waals surface area (Å²) in [5.41, 5.74) is 8.48. The zero-order valence-electron chi connectivity index (χ0n) is 21.0. The van der Waals surface area contributed by atoms with E-state index in [0.717, 1.165) is 44.1 Å². The van der Waals surface area contributed by atoms with E-state index in [1.54, 1.807) is 50.9 Å². The summed E-state index contributed by atoms with van der Waals surface area (Å²) >= 11 is 0. The van der Waals surface area contributed by atoms with Crippen LogP contribution in [0.15, 0.2) is 107 Å². The average molecular weight is 503 g/mol. The van der Waals surface area contributed by atoms with Crippen LogP contribution in [-0.2, 0) is 0 Å². The summed E-state index contributed by atoms with van der Waals surface area (Å²) in [5, 5.41) is 12.7. The third-order valence-electron chi connectivity index (χ3n) is 6.20. The lowest BCUT2D eigenvalue weighted by Gasteiger charge is -2.09. The molecule has 7 heteroatoms. The number of anilines is 1. The molecule has 0 radical (unpaired) electrons. The van der Waals surface area contributed by atoms with Gasteiger partial charge in [-0.25, -0.2) is 5.43 Å². The van der Waals surface area contributed by atoms with Gasteiger partial charge in [0.2, 0.25) is 0 Å². The molecule has 188 valence electrons. The van der Waals surface area contributed by atoms with Gasteiger partial charge in [-0.15, -0.1) is 0 Å². The lowest BCUT2D eigenvalue weighted by Crippen LogP contribution is -2.17. The lowest BCUT2D eigenvalue weighted by atomic mass is 10.0. The van der Waals surface area contributed by atoms with Gasteiger partial charge in [0.15, 0.2) is 0 Å². The highest BCUT2D eigenvalue weighted by atomic mass is 16.5. The topological polar surface area (TPSA) is 84.3 Å². The number of hydrogen-bond acceptors (Lipinski definition) is 6. The van der Waals surface area contributed by atoms with Gasteiger partial charge in [-0.05, 0) is 57.9 Å². The Morgan fingerprint density at radius 1 is 0.658 bits per heavy atom. The predicted octanol–water partition coefficient (Wildman–Crippen LogP) is 6.22. The van der Waals surface area contributed by atoms with Crippen LogP contribution in [0.5, 0.6) is 11.5 Å². The third-order valence-corrected chi connectivity index (χ3v) is 6.20. The number of hydrazone groups is 2. The van der Waals surface area contributed by atoms with Gasteiger partial charge in [0.25, 0.3) is 5.91 Å². The smallest absolute Gasteiger partial charge is 0.271 e. The number of rotatable bonds is 8. The second-order valence-electron chi connectivity index (χ2n) is 8.45. The molecule has 0 atom stereocenters. The number of fused-ring (bicyclic) bond motifs is 2. The molecule has 0 aromatic heterocycles. The molecule has 0 saturated carbocycles. The summed E-state index contributed by atoms with van der Waals surface area (Å²) in [6, 6.07) is 30.8. The zero-order valence-corrected chi connectivity index (χ0v) is 21.0. The van der Waals surface area contributed by atoms with Crippen LogP contribution < -0.4 is 20.3 Å². The molecule has 7 nitrogen and oxygen atoms in total. The fourth-order valence-corrected chi connectivity index (χ4v) is 4.26. The summed E-state index contributed by atoms with van der Waals surface area (Å²) in [5.74, 6) is 1.10. The van der Waals surface area contributed by atoms with Crippen LogP contribution in [-0.4, -0.2) is 32.6 Å². The molecule has 0 saturated heterocycles. The monoisotopic (exact) mass is 502 g/mol. The number of methoxy groups -OCH3 is 2. The van der Waals surface area contributed by atoms with E-state index in [1.165, 1.54) is 0 Å². The van der Waals surface area contributed by atoms with Gasteiger partial charge in [-0.2, -0.15) is 10.2 Å². The number of carbonyl (C=O) groups is 1. The van der Waals surface area contributed by atoms with Gasteiger partial charge < -0.3 is 9.47 Å². The minimum absolute atomic E-state index is 0.323. The molecule has 0 unspecified atom stereocenters. The molecule has 5 aromatic rings. The van der Waals surface area contributed by atoms with Crippen LogP contribution in [0.1, 0.15) is 21.5 Å². The van der Waals surface area contributed by atoms with E-state index in [9.17, 15) is 4.79 Å². The van der Waals surface area contributed by atoms with Crippen molar-refractivity contribution in [1.82, 2.24) is 5.43 Å². The standard InChI is InChI=1S/C31H26N4O3/c1-37-29-17-13-21-7-3-5-9-25(21)27(29)19-32-34-24-15-11-23(12-16-24)31(36)35-33-20-28-26-10-6-4-8-22(26)14-18-30(28)38-2/h3-20,34H,1-2H3,(H,35,36). The Hall–Kier alpha value is -5.17. The summed E-state index contributed by atoms with van der Waals surface area (Å²) in [4.78, 5) is 12.6. The Balaban J connectivity index is 1.25. The highest BCUT2D eigenvalue weighted by Gasteiger charge is 2.08. The van der Waals surface area contributed by atoms with Crippen molar-refractivity contribution in [1.29, 1.82) is 0 Å². The SMILES string of the molecule is COc1ccc2ccccc2c1C=NNC(=O)c1ccc(NN=Cc2c(OC)ccc3ccccc23)cc1. The summed E-state index contributed by atoms with van der Waals surface area (Å²) in [6.45, 7) is 0. The highest BCUT2D eigenvalue weighted by Crippen LogP contribution is 2.27. The molecule has 0 aliphatic rings. The van der Waals surface area contributed by atoms with E-state index in [0.29, 0.717) is 11.3 Å². The van der Waals surface area contributed by atoms with E-state index in [2.05, 4.69) is 21.1 Å². The number of ether oxygens (including phenoxy) is 2. The largest absolute Gasteiger partial charge is 0.496 e. The van der Waals surface area contributed by atoms with Crippen LogP contribution in [0.2, 0.25) is 0 Å². The fourth-order valence-electron chi connectivity index (χ4n) is 4.26. The number of nitrogens with zero attached hydrogens (tertiary/aromatic N) is 2. The first-order valence-electron chi connectivity index (χ1n) is 12.0. The van der Waals surface area contributed by atoms with Gasteiger partial charge in [0, 0.05) is 16.7 Å². The Kier molecular flexibility index (Phi) is 7.27. The van der Waals surface area contributed by atoms with Crippen LogP contribution in [0, 0.1) is 0 Å². The summed E-state index contributed by atoms with van der Waals surface area (Å²) in [6.07, 6.45) is 3.34.